The Balaban J connectivity index is 1.76. The third-order valence-electron chi connectivity index (χ3n) is 5.11. The van der Waals surface area contributed by atoms with E-state index in [1.807, 2.05) is 18.2 Å². The van der Waals surface area contributed by atoms with Crippen LogP contribution in [0.4, 0.5) is 5.69 Å². The van der Waals surface area contributed by atoms with E-state index in [0.29, 0.717) is 29.7 Å². The first-order chi connectivity index (χ1) is 14.1. The molecule has 0 spiro atoms. The van der Waals surface area contributed by atoms with E-state index in [2.05, 4.69) is 23.2 Å². The molecule has 0 aliphatic heterocycles. The van der Waals surface area contributed by atoms with E-state index in [4.69, 9.17) is 4.74 Å². The fraction of sp³-hybridized carbons (Fsp3) is 0.292. The molecular formula is C24H22N2O3. The Kier molecular flexibility index (Phi) is 6.32. The van der Waals surface area contributed by atoms with E-state index in [1.165, 1.54) is 7.11 Å². The number of ether oxygens (including phenoxy) is 1. The highest BCUT2D eigenvalue weighted by Crippen LogP contribution is 2.36. The molecule has 1 amide bonds. The lowest BCUT2D eigenvalue weighted by atomic mass is 9.74. The van der Waals surface area contributed by atoms with E-state index in [9.17, 15) is 14.9 Å². The first-order valence-electron chi connectivity index (χ1n) is 9.59. The number of hydrogen-bond acceptors (Lipinski definition) is 4. The molecule has 1 N–H and O–H groups in total. The number of amides is 1. The highest BCUT2D eigenvalue weighted by atomic mass is 16.5. The van der Waals surface area contributed by atoms with Crippen LogP contribution in [-0.4, -0.2) is 19.0 Å². The van der Waals surface area contributed by atoms with Gasteiger partial charge < -0.3 is 10.1 Å². The number of nitriles is 1. The molecule has 1 aliphatic rings. The van der Waals surface area contributed by atoms with Crippen LogP contribution >= 0.6 is 0 Å². The SMILES string of the molecule is COC(=O)c1cccc(C#Cc2cccc(NC(=O)C3(C#N)CCCCC3)c2)c1. The van der Waals surface area contributed by atoms with E-state index in [1.54, 1.807) is 30.3 Å². The van der Waals surface area contributed by atoms with Crippen molar-refractivity contribution in [1.82, 2.24) is 0 Å². The van der Waals surface area contributed by atoms with Gasteiger partial charge in [-0.25, -0.2) is 4.79 Å². The number of nitrogens with zero attached hydrogens (tertiary/aromatic N) is 1. The average molecular weight is 386 g/mol. The van der Waals surface area contributed by atoms with Crippen LogP contribution in [0.5, 0.6) is 0 Å². The number of carbonyl (C=O) groups excluding carboxylic acids is 2. The van der Waals surface area contributed by atoms with Gasteiger partial charge >= 0.3 is 5.97 Å². The molecule has 0 atom stereocenters. The van der Waals surface area contributed by atoms with Gasteiger partial charge in [-0.15, -0.1) is 0 Å². The second-order valence-electron chi connectivity index (χ2n) is 7.11. The van der Waals surface area contributed by atoms with E-state index < -0.39 is 11.4 Å². The van der Waals surface area contributed by atoms with Crippen molar-refractivity contribution in [2.45, 2.75) is 32.1 Å². The number of esters is 1. The van der Waals surface area contributed by atoms with Crippen LogP contribution in [0.25, 0.3) is 0 Å². The van der Waals surface area contributed by atoms with Crippen molar-refractivity contribution < 1.29 is 14.3 Å². The minimum atomic E-state index is -0.936. The number of anilines is 1. The predicted octanol–water partition coefficient (Wildman–Crippen LogP) is 4.29. The zero-order chi connectivity index (χ0) is 20.7. The van der Waals surface area contributed by atoms with Crippen molar-refractivity contribution in [3.8, 4) is 17.9 Å². The smallest absolute Gasteiger partial charge is 0.337 e. The number of rotatable bonds is 3. The Hall–Kier alpha value is -3.57. The molecule has 2 aromatic rings. The second kappa shape index (κ2) is 9.08. The van der Waals surface area contributed by atoms with Gasteiger partial charge in [0, 0.05) is 16.8 Å². The molecule has 0 saturated heterocycles. The Labute approximate surface area is 170 Å². The molecule has 1 fully saturated rings. The summed E-state index contributed by atoms with van der Waals surface area (Å²) in [4.78, 5) is 24.4. The summed E-state index contributed by atoms with van der Waals surface area (Å²) in [6.45, 7) is 0. The van der Waals surface area contributed by atoms with Gasteiger partial charge in [0.25, 0.3) is 0 Å². The molecule has 0 unspecified atom stereocenters. The van der Waals surface area contributed by atoms with Crippen LogP contribution < -0.4 is 5.32 Å². The molecular weight excluding hydrogens is 364 g/mol. The van der Waals surface area contributed by atoms with Crippen LogP contribution in [0.2, 0.25) is 0 Å². The maximum Gasteiger partial charge on any atom is 0.337 e. The maximum atomic E-state index is 12.7. The summed E-state index contributed by atoms with van der Waals surface area (Å²) in [5.41, 5.74) is 1.53. The normalized spacial score (nSPS) is 14.6. The maximum absolute atomic E-state index is 12.7. The zero-order valence-electron chi connectivity index (χ0n) is 16.3. The standard InChI is InChI=1S/C24H22N2O3/c1-29-22(27)20-9-5-7-18(15-20)11-12-19-8-6-10-21(16-19)26-23(28)24(17-25)13-3-2-4-14-24/h5-10,15-16H,2-4,13-14H2,1H3,(H,26,28). The van der Waals surface area contributed by atoms with Gasteiger partial charge in [-0.05, 0) is 49.2 Å². The monoisotopic (exact) mass is 386 g/mol. The molecule has 5 nitrogen and oxygen atoms in total. The first-order valence-corrected chi connectivity index (χ1v) is 9.59. The molecule has 2 aromatic carbocycles. The average Bonchev–Trinajstić information content (AvgIpc) is 2.78. The van der Waals surface area contributed by atoms with Gasteiger partial charge in [-0.2, -0.15) is 5.26 Å². The van der Waals surface area contributed by atoms with Crippen LogP contribution in [0, 0.1) is 28.6 Å². The van der Waals surface area contributed by atoms with Crippen LogP contribution in [-0.2, 0) is 9.53 Å². The molecule has 0 bridgehead atoms. The number of benzene rings is 2. The molecule has 146 valence electrons. The van der Waals surface area contributed by atoms with Crippen molar-refractivity contribution in [2.24, 2.45) is 5.41 Å². The van der Waals surface area contributed by atoms with Crippen LogP contribution in [0.1, 0.15) is 53.6 Å². The number of nitrogens with one attached hydrogen (secondary N) is 1. The highest BCUT2D eigenvalue weighted by molar-refractivity contribution is 5.97. The summed E-state index contributed by atoms with van der Waals surface area (Å²) in [7, 11) is 1.34. The second-order valence-corrected chi connectivity index (χ2v) is 7.11. The molecule has 29 heavy (non-hydrogen) atoms. The molecule has 1 aliphatic carbocycles. The molecule has 0 heterocycles. The highest BCUT2D eigenvalue weighted by Gasteiger charge is 2.39. The van der Waals surface area contributed by atoms with Crippen molar-refractivity contribution in [3.63, 3.8) is 0 Å². The molecule has 0 radical (unpaired) electrons. The zero-order valence-corrected chi connectivity index (χ0v) is 16.3. The van der Waals surface area contributed by atoms with Gasteiger partial charge in [0.2, 0.25) is 5.91 Å². The topological polar surface area (TPSA) is 79.2 Å². The van der Waals surface area contributed by atoms with Crippen LogP contribution in [0.3, 0.4) is 0 Å². The van der Waals surface area contributed by atoms with Crippen molar-refractivity contribution in [2.75, 3.05) is 12.4 Å². The molecule has 1 saturated carbocycles. The summed E-state index contributed by atoms with van der Waals surface area (Å²) < 4.78 is 4.72. The summed E-state index contributed by atoms with van der Waals surface area (Å²) in [5.74, 6) is 5.41. The van der Waals surface area contributed by atoms with Gasteiger partial charge in [0.05, 0.1) is 18.7 Å². The fourth-order valence-electron chi connectivity index (χ4n) is 3.46. The molecule has 0 aromatic heterocycles. The predicted molar refractivity (Wildman–Crippen MR) is 110 cm³/mol. The van der Waals surface area contributed by atoms with E-state index in [-0.39, 0.29) is 5.91 Å². The minimum absolute atomic E-state index is 0.240. The Morgan fingerprint density at radius 2 is 1.66 bits per heavy atom. The van der Waals surface area contributed by atoms with Crippen LogP contribution in [0.15, 0.2) is 48.5 Å². The first kappa shape index (κ1) is 20.2. The number of methoxy groups -OCH3 is 1. The van der Waals surface area contributed by atoms with Gasteiger partial charge in [-0.3, -0.25) is 4.79 Å². The van der Waals surface area contributed by atoms with Crippen molar-refractivity contribution >= 4 is 17.6 Å². The Bertz CT molecular complexity index is 1020. The fourth-order valence-corrected chi connectivity index (χ4v) is 3.46. The minimum Gasteiger partial charge on any atom is -0.465 e. The third kappa shape index (κ3) is 4.83. The van der Waals surface area contributed by atoms with E-state index in [0.717, 1.165) is 24.8 Å². The summed E-state index contributed by atoms with van der Waals surface area (Å²) in [5, 5.41) is 12.5. The van der Waals surface area contributed by atoms with Gasteiger partial charge in [-0.1, -0.05) is 43.2 Å². The molecule has 3 rings (SSSR count). The Morgan fingerprint density at radius 3 is 2.31 bits per heavy atom. The third-order valence-corrected chi connectivity index (χ3v) is 5.11. The Morgan fingerprint density at radius 1 is 1.00 bits per heavy atom. The van der Waals surface area contributed by atoms with Crippen molar-refractivity contribution in [3.05, 3.63) is 65.2 Å². The largest absolute Gasteiger partial charge is 0.465 e. The lowest BCUT2D eigenvalue weighted by molar-refractivity contribution is -0.124. The van der Waals surface area contributed by atoms with Gasteiger partial charge in [0.1, 0.15) is 5.41 Å². The number of carbonyl (C=O) groups is 2. The number of hydrogen-bond donors (Lipinski definition) is 1. The van der Waals surface area contributed by atoms with E-state index >= 15 is 0 Å². The molecule has 5 heteroatoms. The summed E-state index contributed by atoms with van der Waals surface area (Å²) in [6, 6.07) is 16.4. The van der Waals surface area contributed by atoms with Gasteiger partial charge in [0.15, 0.2) is 0 Å². The lowest BCUT2D eigenvalue weighted by Gasteiger charge is -2.29. The lowest BCUT2D eigenvalue weighted by Crippen LogP contribution is -2.36. The van der Waals surface area contributed by atoms with Crippen molar-refractivity contribution in [1.29, 1.82) is 5.26 Å². The quantitative estimate of drug-likeness (QED) is 0.631. The summed E-state index contributed by atoms with van der Waals surface area (Å²) >= 11 is 0. The summed E-state index contributed by atoms with van der Waals surface area (Å²) in [6.07, 6.45) is 4.07.